The van der Waals surface area contributed by atoms with Crippen LogP contribution in [0.5, 0.6) is 11.5 Å². The SMILES string of the molecule is COc1cc(CN2CCC(O)CC2)c([N+](=O)[O-])cc1OC(F)F. The number of aliphatic hydroxyl groups excluding tert-OH is 1. The van der Waals surface area contributed by atoms with Crippen LogP contribution in [0.15, 0.2) is 12.1 Å². The van der Waals surface area contributed by atoms with Gasteiger partial charge in [-0.05, 0) is 18.9 Å². The molecule has 0 unspecified atom stereocenters. The first-order valence-corrected chi connectivity index (χ1v) is 7.11. The summed E-state index contributed by atoms with van der Waals surface area (Å²) >= 11 is 0. The molecule has 0 radical (unpaired) electrons. The summed E-state index contributed by atoms with van der Waals surface area (Å²) in [4.78, 5) is 12.5. The molecule has 9 heteroatoms. The van der Waals surface area contributed by atoms with Crippen LogP contribution in [0.3, 0.4) is 0 Å². The lowest BCUT2D eigenvalue weighted by molar-refractivity contribution is -0.385. The van der Waals surface area contributed by atoms with Crippen LogP contribution in [0.2, 0.25) is 0 Å². The number of nitro groups is 1. The molecule has 0 aromatic heterocycles. The van der Waals surface area contributed by atoms with Crippen LogP contribution in [0.1, 0.15) is 18.4 Å². The van der Waals surface area contributed by atoms with Gasteiger partial charge < -0.3 is 14.6 Å². The maximum Gasteiger partial charge on any atom is 0.387 e. The van der Waals surface area contributed by atoms with Crippen molar-refractivity contribution in [3.8, 4) is 11.5 Å². The number of hydrogen-bond acceptors (Lipinski definition) is 6. The zero-order valence-electron chi connectivity index (χ0n) is 12.6. The topological polar surface area (TPSA) is 85.1 Å². The Bertz CT molecular complexity index is 562. The summed E-state index contributed by atoms with van der Waals surface area (Å²) in [5.41, 5.74) is 0.0532. The van der Waals surface area contributed by atoms with E-state index >= 15 is 0 Å². The third-order valence-electron chi connectivity index (χ3n) is 3.73. The number of ether oxygens (including phenoxy) is 2. The average molecular weight is 332 g/mol. The Balaban J connectivity index is 2.28. The fourth-order valence-electron chi connectivity index (χ4n) is 2.55. The Morgan fingerprint density at radius 3 is 2.57 bits per heavy atom. The maximum atomic E-state index is 12.4. The lowest BCUT2D eigenvalue weighted by Gasteiger charge is -2.29. The molecule has 1 aromatic rings. The molecule has 1 heterocycles. The molecule has 0 bridgehead atoms. The number of rotatable bonds is 6. The molecule has 0 spiro atoms. The zero-order chi connectivity index (χ0) is 17.0. The van der Waals surface area contributed by atoms with Crippen molar-refractivity contribution >= 4 is 5.69 Å². The van der Waals surface area contributed by atoms with Gasteiger partial charge in [-0.25, -0.2) is 0 Å². The average Bonchev–Trinajstić information content (AvgIpc) is 2.49. The molecule has 0 saturated carbocycles. The van der Waals surface area contributed by atoms with Crippen LogP contribution in [-0.2, 0) is 6.54 Å². The largest absolute Gasteiger partial charge is 0.493 e. The number of methoxy groups -OCH3 is 1. The summed E-state index contributed by atoms with van der Waals surface area (Å²) in [5.74, 6) is -0.352. The van der Waals surface area contributed by atoms with Gasteiger partial charge in [0.25, 0.3) is 5.69 Å². The highest BCUT2D eigenvalue weighted by Gasteiger charge is 2.24. The molecule has 0 amide bonds. The van der Waals surface area contributed by atoms with Crippen LogP contribution < -0.4 is 9.47 Å². The number of aliphatic hydroxyl groups is 1. The molecule has 0 aliphatic carbocycles. The normalized spacial score (nSPS) is 16.6. The smallest absolute Gasteiger partial charge is 0.387 e. The van der Waals surface area contributed by atoms with Crippen LogP contribution in [0, 0.1) is 10.1 Å². The standard InChI is InChI=1S/C14H18F2N2O5/c1-22-12-6-9(8-17-4-2-10(19)3-5-17)11(18(20)21)7-13(12)23-14(15)16/h6-7,10,14,19H,2-5,8H2,1H3. The van der Waals surface area contributed by atoms with E-state index in [0.717, 1.165) is 6.07 Å². The van der Waals surface area contributed by atoms with Crippen molar-refractivity contribution in [2.45, 2.75) is 32.1 Å². The Morgan fingerprint density at radius 1 is 1.39 bits per heavy atom. The second-order valence-corrected chi connectivity index (χ2v) is 5.27. The number of hydrogen-bond donors (Lipinski definition) is 1. The number of alkyl halides is 2. The fraction of sp³-hybridized carbons (Fsp3) is 0.571. The van der Waals surface area contributed by atoms with E-state index < -0.39 is 11.5 Å². The van der Waals surface area contributed by atoms with Gasteiger partial charge in [0.1, 0.15) is 0 Å². The van der Waals surface area contributed by atoms with E-state index in [1.54, 1.807) is 0 Å². The Hall–Kier alpha value is -2.00. The summed E-state index contributed by atoms with van der Waals surface area (Å²) in [6.07, 6.45) is 0.840. The summed E-state index contributed by atoms with van der Waals surface area (Å²) in [6.45, 7) is -1.61. The van der Waals surface area contributed by atoms with E-state index in [-0.39, 0.29) is 29.8 Å². The minimum atomic E-state index is -3.10. The number of halogens is 2. The van der Waals surface area contributed by atoms with Gasteiger partial charge in [-0.3, -0.25) is 15.0 Å². The molecule has 7 nitrogen and oxygen atoms in total. The first kappa shape index (κ1) is 17.4. The van der Waals surface area contributed by atoms with Crippen molar-refractivity contribution in [1.29, 1.82) is 0 Å². The van der Waals surface area contributed by atoms with Crippen molar-refractivity contribution < 1.29 is 28.3 Å². The third-order valence-corrected chi connectivity index (χ3v) is 3.73. The quantitative estimate of drug-likeness (QED) is 0.635. The second kappa shape index (κ2) is 7.51. The van der Waals surface area contributed by atoms with Crippen molar-refractivity contribution in [3.63, 3.8) is 0 Å². The highest BCUT2D eigenvalue weighted by Crippen LogP contribution is 2.36. The molecule has 128 valence electrons. The van der Waals surface area contributed by atoms with E-state index in [2.05, 4.69) is 4.74 Å². The second-order valence-electron chi connectivity index (χ2n) is 5.27. The lowest BCUT2D eigenvalue weighted by atomic mass is 10.1. The van der Waals surface area contributed by atoms with Gasteiger partial charge in [0.05, 0.1) is 24.2 Å². The molecule has 0 atom stereocenters. The summed E-state index contributed by atoms with van der Waals surface area (Å²) in [6, 6.07) is 2.31. The Labute approximate surface area is 131 Å². The van der Waals surface area contributed by atoms with Crippen molar-refractivity contribution in [1.82, 2.24) is 4.90 Å². The van der Waals surface area contributed by atoms with Gasteiger partial charge in [0.2, 0.25) is 0 Å². The maximum absolute atomic E-state index is 12.4. The summed E-state index contributed by atoms with van der Waals surface area (Å²) in [5, 5.41) is 20.7. The predicted molar refractivity (Wildman–Crippen MR) is 76.8 cm³/mol. The van der Waals surface area contributed by atoms with Crippen molar-refractivity contribution in [2.24, 2.45) is 0 Å². The molecular formula is C14H18F2N2O5. The fourth-order valence-corrected chi connectivity index (χ4v) is 2.55. The van der Waals surface area contributed by atoms with Crippen LogP contribution in [0.25, 0.3) is 0 Å². The molecule has 2 rings (SSSR count). The molecule has 1 N–H and O–H groups in total. The monoisotopic (exact) mass is 332 g/mol. The zero-order valence-corrected chi connectivity index (χ0v) is 12.6. The number of nitro benzene ring substituents is 1. The molecule has 1 aliphatic heterocycles. The number of benzene rings is 1. The summed E-state index contributed by atoms with van der Waals surface area (Å²) in [7, 11) is 1.28. The molecule has 23 heavy (non-hydrogen) atoms. The Morgan fingerprint density at radius 2 is 2.04 bits per heavy atom. The molecule has 1 aliphatic rings. The predicted octanol–water partition coefficient (Wildman–Crippen LogP) is 2.16. The first-order valence-electron chi connectivity index (χ1n) is 7.11. The highest BCUT2D eigenvalue weighted by atomic mass is 19.3. The molecular weight excluding hydrogens is 314 g/mol. The number of piperidine rings is 1. The van der Waals surface area contributed by atoms with Gasteiger partial charge in [-0.15, -0.1) is 0 Å². The van der Waals surface area contributed by atoms with Crippen LogP contribution in [0.4, 0.5) is 14.5 Å². The van der Waals surface area contributed by atoms with E-state index in [1.807, 2.05) is 4.90 Å². The number of nitrogens with zero attached hydrogens (tertiary/aromatic N) is 2. The molecule has 1 aromatic carbocycles. The van der Waals surface area contributed by atoms with E-state index in [9.17, 15) is 24.0 Å². The van der Waals surface area contributed by atoms with E-state index in [0.29, 0.717) is 31.5 Å². The van der Waals surface area contributed by atoms with Gasteiger partial charge in [-0.2, -0.15) is 8.78 Å². The third kappa shape index (κ3) is 4.49. The van der Waals surface area contributed by atoms with Gasteiger partial charge >= 0.3 is 6.61 Å². The van der Waals surface area contributed by atoms with Gasteiger partial charge in [-0.1, -0.05) is 0 Å². The van der Waals surface area contributed by atoms with Crippen molar-refractivity contribution in [2.75, 3.05) is 20.2 Å². The highest BCUT2D eigenvalue weighted by molar-refractivity contribution is 5.54. The minimum Gasteiger partial charge on any atom is -0.493 e. The van der Waals surface area contributed by atoms with Crippen molar-refractivity contribution in [3.05, 3.63) is 27.8 Å². The molecule has 1 saturated heterocycles. The van der Waals surface area contributed by atoms with Gasteiger partial charge in [0, 0.05) is 25.2 Å². The lowest BCUT2D eigenvalue weighted by Crippen LogP contribution is -2.35. The summed E-state index contributed by atoms with van der Waals surface area (Å²) < 4.78 is 34.1. The minimum absolute atomic E-state index is 0.0166. The Kier molecular flexibility index (Phi) is 5.67. The van der Waals surface area contributed by atoms with Crippen LogP contribution >= 0.6 is 0 Å². The van der Waals surface area contributed by atoms with E-state index in [1.165, 1.54) is 13.2 Å². The number of likely N-dealkylation sites (tertiary alicyclic amines) is 1. The first-order chi connectivity index (χ1) is 10.9. The van der Waals surface area contributed by atoms with E-state index in [4.69, 9.17) is 4.74 Å². The van der Waals surface area contributed by atoms with Crippen LogP contribution in [-0.4, -0.2) is 47.8 Å². The van der Waals surface area contributed by atoms with Gasteiger partial charge in [0.15, 0.2) is 11.5 Å². The molecule has 1 fully saturated rings.